The number of aliphatic carboxylic acids is 1. The van der Waals surface area contributed by atoms with Crippen LogP contribution in [0.2, 0.25) is 0 Å². The molecule has 0 aliphatic carbocycles. The maximum Gasteiger partial charge on any atom is 0.326 e. The largest absolute Gasteiger partial charge is 0.480 e. The maximum absolute atomic E-state index is 10.6. The number of hydrogen-bond donors (Lipinski definition) is 3. The van der Waals surface area contributed by atoms with Gasteiger partial charge in [0.15, 0.2) is 0 Å². The van der Waals surface area contributed by atoms with Crippen LogP contribution >= 0.6 is 0 Å². The van der Waals surface area contributed by atoms with Gasteiger partial charge in [-0.2, -0.15) is 0 Å². The first-order valence-electron chi connectivity index (χ1n) is 4.28. The summed E-state index contributed by atoms with van der Waals surface area (Å²) < 4.78 is 0. The Morgan fingerprint density at radius 1 is 1.43 bits per heavy atom. The standard InChI is InChI=1S/C8H16N2O3.H2O/c1-6(11)10-7(8(12)13)4-2-3-5-9;/h7H,2-5,9H2,1H3,(H,10,11)(H,12,13);1H2. The number of nitrogens with one attached hydrogen (secondary N) is 1. The zero-order valence-corrected chi connectivity index (χ0v) is 8.25. The van der Waals surface area contributed by atoms with Crippen molar-refractivity contribution in [3.8, 4) is 0 Å². The van der Waals surface area contributed by atoms with E-state index in [-0.39, 0.29) is 11.4 Å². The molecule has 6 heteroatoms. The molecule has 0 heterocycles. The van der Waals surface area contributed by atoms with E-state index in [9.17, 15) is 9.59 Å². The molecule has 0 aromatic heterocycles. The highest BCUT2D eigenvalue weighted by atomic mass is 16.4. The van der Waals surface area contributed by atoms with Crippen molar-refractivity contribution < 1.29 is 20.2 Å². The van der Waals surface area contributed by atoms with Crippen molar-refractivity contribution in [3.05, 3.63) is 0 Å². The normalized spacial score (nSPS) is 11.3. The zero-order chi connectivity index (χ0) is 10.3. The third-order valence-electron chi connectivity index (χ3n) is 1.62. The van der Waals surface area contributed by atoms with Gasteiger partial charge in [-0.05, 0) is 25.8 Å². The lowest BCUT2D eigenvalue weighted by Crippen LogP contribution is -2.39. The predicted octanol–water partition coefficient (Wildman–Crippen LogP) is -1.12. The fourth-order valence-electron chi connectivity index (χ4n) is 0.996. The number of carboxylic acid groups (broad SMARTS) is 1. The second-order valence-corrected chi connectivity index (χ2v) is 2.88. The van der Waals surface area contributed by atoms with Crippen molar-refractivity contribution in [1.82, 2.24) is 5.32 Å². The fraction of sp³-hybridized carbons (Fsp3) is 0.750. The monoisotopic (exact) mass is 206 g/mol. The first-order valence-corrected chi connectivity index (χ1v) is 4.28. The molecule has 0 bridgehead atoms. The molecule has 0 rings (SSSR count). The van der Waals surface area contributed by atoms with Crippen molar-refractivity contribution in [3.63, 3.8) is 0 Å². The van der Waals surface area contributed by atoms with Crippen molar-refractivity contribution in [1.29, 1.82) is 0 Å². The van der Waals surface area contributed by atoms with Crippen LogP contribution in [0.5, 0.6) is 0 Å². The number of hydrogen-bond acceptors (Lipinski definition) is 3. The lowest BCUT2D eigenvalue weighted by Gasteiger charge is -2.12. The molecule has 0 fully saturated rings. The van der Waals surface area contributed by atoms with E-state index >= 15 is 0 Å². The van der Waals surface area contributed by atoms with Crippen LogP contribution in [0, 0.1) is 0 Å². The Bertz CT molecular complexity index is 184. The van der Waals surface area contributed by atoms with Gasteiger partial charge in [0.05, 0.1) is 0 Å². The molecule has 0 aliphatic heterocycles. The molecule has 0 radical (unpaired) electrons. The van der Waals surface area contributed by atoms with Gasteiger partial charge in [0.2, 0.25) is 5.91 Å². The summed E-state index contributed by atoms with van der Waals surface area (Å²) in [5.74, 6) is -1.31. The van der Waals surface area contributed by atoms with Gasteiger partial charge in [0.1, 0.15) is 6.04 Å². The van der Waals surface area contributed by atoms with Crippen LogP contribution in [0.4, 0.5) is 0 Å². The molecule has 0 aromatic carbocycles. The smallest absolute Gasteiger partial charge is 0.326 e. The second-order valence-electron chi connectivity index (χ2n) is 2.88. The highest BCUT2D eigenvalue weighted by Gasteiger charge is 2.16. The number of carbonyl (C=O) groups is 2. The topological polar surface area (TPSA) is 124 Å². The number of carboxylic acids is 1. The molecule has 0 aromatic rings. The van der Waals surface area contributed by atoms with Crippen molar-refractivity contribution >= 4 is 11.9 Å². The van der Waals surface area contributed by atoms with E-state index in [0.29, 0.717) is 19.4 Å². The van der Waals surface area contributed by atoms with E-state index in [4.69, 9.17) is 10.8 Å². The van der Waals surface area contributed by atoms with Crippen LogP contribution < -0.4 is 11.1 Å². The Kier molecular flexibility index (Phi) is 9.27. The summed E-state index contributed by atoms with van der Waals surface area (Å²) >= 11 is 0. The number of nitrogens with two attached hydrogens (primary N) is 1. The van der Waals surface area contributed by atoms with Gasteiger partial charge in [-0.3, -0.25) is 4.79 Å². The Balaban J connectivity index is 0. The first-order chi connectivity index (χ1) is 6.07. The highest BCUT2D eigenvalue weighted by Crippen LogP contribution is 2.00. The van der Waals surface area contributed by atoms with Crippen LogP contribution in [0.3, 0.4) is 0 Å². The van der Waals surface area contributed by atoms with Gasteiger partial charge in [-0.25, -0.2) is 4.79 Å². The van der Waals surface area contributed by atoms with E-state index in [1.165, 1.54) is 6.92 Å². The van der Waals surface area contributed by atoms with Gasteiger partial charge in [0, 0.05) is 6.92 Å². The number of unbranched alkanes of at least 4 members (excludes halogenated alkanes) is 1. The zero-order valence-electron chi connectivity index (χ0n) is 8.25. The Labute approximate surface area is 82.8 Å². The molecule has 0 spiro atoms. The summed E-state index contributed by atoms with van der Waals surface area (Å²) in [7, 11) is 0. The summed E-state index contributed by atoms with van der Waals surface area (Å²) in [6, 6.07) is -0.774. The molecule has 0 saturated carbocycles. The molecule has 1 unspecified atom stereocenters. The molecule has 6 N–H and O–H groups in total. The fourth-order valence-corrected chi connectivity index (χ4v) is 0.996. The van der Waals surface area contributed by atoms with E-state index < -0.39 is 12.0 Å². The third kappa shape index (κ3) is 7.51. The molecular formula is C8H18N2O4. The van der Waals surface area contributed by atoms with Crippen molar-refractivity contribution in [2.45, 2.75) is 32.2 Å². The first kappa shape index (κ1) is 15.3. The lowest BCUT2D eigenvalue weighted by molar-refractivity contribution is -0.141. The molecule has 6 nitrogen and oxygen atoms in total. The van der Waals surface area contributed by atoms with E-state index in [2.05, 4.69) is 5.32 Å². The number of carbonyl (C=O) groups excluding carboxylic acids is 1. The van der Waals surface area contributed by atoms with Gasteiger partial charge in [0.25, 0.3) is 0 Å². The minimum absolute atomic E-state index is 0. The van der Waals surface area contributed by atoms with Crippen molar-refractivity contribution in [2.75, 3.05) is 6.54 Å². The van der Waals surface area contributed by atoms with Crippen LogP contribution in [-0.4, -0.2) is 35.0 Å². The Morgan fingerprint density at radius 3 is 2.36 bits per heavy atom. The maximum atomic E-state index is 10.6. The van der Waals surface area contributed by atoms with Crippen LogP contribution in [-0.2, 0) is 9.59 Å². The number of rotatable bonds is 6. The molecule has 0 saturated heterocycles. The SMILES string of the molecule is CC(=O)NC(CCCCN)C(=O)O.O. The van der Waals surface area contributed by atoms with Crippen LogP contribution in [0.1, 0.15) is 26.2 Å². The van der Waals surface area contributed by atoms with E-state index in [1.807, 2.05) is 0 Å². The van der Waals surface area contributed by atoms with E-state index in [1.54, 1.807) is 0 Å². The van der Waals surface area contributed by atoms with Crippen molar-refractivity contribution in [2.24, 2.45) is 5.73 Å². The minimum atomic E-state index is -0.993. The van der Waals surface area contributed by atoms with Gasteiger partial charge in [-0.15, -0.1) is 0 Å². The summed E-state index contributed by atoms with van der Waals surface area (Å²) in [5, 5.41) is 11.0. The average molecular weight is 206 g/mol. The summed E-state index contributed by atoms with van der Waals surface area (Å²) in [6.45, 7) is 1.85. The summed E-state index contributed by atoms with van der Waals surface area (Å²) in [5.41, 5.74) is 5.26. The van der Waals surface area contributed by atoms with Gasteiger partial charge >= 0.3 is 5.97 Å². The second kappa shape index (κ2) is 8.46. The minimum Gasteiger partial charge on any atom is -0.480 e. The lowest BCUT2D eigenvalue weighted by atomic mass is 10.1. The predicted molar refractivity (Wildman–Crippen MR) is 51.8 cm³/mol. The molecular weight excluding hydrogens is 188 g/mol. The Morgan fingerprint density at radius 2 is 2.00 bits per heavy atom. The Hall–Kier alpha value is -1.14. The molecule has 1 amide bonds. The molecule has 0 aliphatic rings. The van der Waals surface area contributed by atoms with Crippen LogP contribution in [0.15, 0.2) is 0 Å². The third-order valence-corrected chi connectivity index (χ3v) is 1.62. The van der Waals surface area contributed by atoms with Gasteiger partial charge in [-0.1, -0.05) is 0 Å². The summed E-state index contributed by atoms with van der Waals surface area (Å²) in [4.78, 5) is 21.2. The quantitative estimate of drug-likeness (QED) is 0.476. The molecule has 1 atom stereocenters. The molecule has 84 valence electrons. The average Bonchev–Trinajstić information content (AvgIpc) is 2.02. The van der Waals surface area contributed by atoms with Crippen LogP contribution in [0.25, 0.3) is 0 Å². The van der Waals surface area contributed by atoms with E-state index in [0.717, 1.165) is 6.42 Å². The van der Waals surface area contributed by atoms with Gasteiger partial charge < -0.3 is 21.6 Å². The summed E-state index contributed by atoms with van der Waals surface area (Å²) in [6.07, 6.45) is 1.93. The molecule has 14 heavy (non-hydrogen) atoms. The number of amides is 1. The highest BCUT2D eigenvalue weighted by molar-refractivity contribution is 5.81.